The van der Waals surface area contributed by atoms with Crippen LogP contribution in [0, 0.1) is 0 Å². The molecule has 2 nitrogen and oxygen atoms in total. The van der Waals surface area contributed by atoms with E-state index in [0.29, 0.717) is 0 Å². The Bertz CT molecular complexity index is 3130. The molecule has 0 bridgehead atoms. The van der Waals surface area contributed by atoms with Gasteiger partial charge in [-0.1, -0.05) is 158 Å². The monoisotopic (exact) mass is 736 g/mol. The number of rotatable bonds is 4. The van der Waals surface area contributed by atoms with Crippen molar-refractivity contribution in [1.29, 1.82) is 0 Å². The average Bonchev–Trinajstić information content (AvgIpc) is 3.80. The zero-order chi connectivity index (χ0) is 37.9. The smallest absolute Gasteiger partial charge is 0.0664 e. The van der Waals surface area contributed by atoms with Crippen molar-refractivity contribution in [3.8, 4) is 77.9 Å². The summed E-state index contributed by atoms with van der Waals surface area (Å²) in [5, 5.41) is 12.6. The van der Waals surface area contributed by atoms with Gasteiger partial charge in [-0.05, 0) is 140 Å². The highest BCUT2D eigenvalue weighted by Crippen LogP contribution is 2.52. The van der Waals surface area contributed by atoms with E-state index < -0.39 is 0 Å². The molecular formula is C56H36N2. The first-order valence-electron chi connectivity index (χ1n) is 20.4. The number of hydrogen-bond donors (Lipinski definition) is 2. The normalized spacial score (nSPS) is 13.7. The Morgan fingerprint density at radius 3 is 1.45 bits per heavy atom. The van der Waals surface area contributed by atoms with E-state index in [9.17, 15) is 0 Å². The highest BCUT2D eigenvalue weighted by atomic mass is 15.0. The molecule has 9 aromatic rings. The molecule has 58 heavy (non-hydrogen) atoms. The lowest BCUT2D eigenvalue weighted by atomic mass is 9.87. The molecule has 270 valence electrons. The maximum absolute atomic E-state index is 3.68. The predicted octanol–water partition coefficient (Wildman–Crippen LogP) is 14.6. The second kappa shape index (κ2) is 12.0. The summed E-state index contributed by atoms with van der Waals surface area (Å²) < 4.78 is 0. The van der Waals surface area contributed by atoms with Crippen molar-refractivity contribution < 1.29 is 0 Å². The van der Waals surface area contributed by atoms with Gasteiger partial charge in [0.15, 0.2) is 0 Å². The van der Waals surface area contributed by atoms with Crippen molar-refractivity contribution in [3.63, 3.8) is 0 Å². The first-order valence-corrected chi connectivity index (χ1v) is 20.4. The van der Waals surface area contributed by atoms with Crippen molar-refractivity contribution in [2.75, 3.05) is 23.7 Å². The molecule has 0 atom stereocenters. The van der Waals surface area contributed by atoms with Gasteiger partial charge in [0.25, 0.3) is 0 Å². The van der Waals surface area contributed by atoms with Gasteiger partial charge in [0.2, 0.25) is 0 Å². The summed E-state index contributed by atoms with van der Waals surface area (Å²) in [6.45, 7) is 1.63. The fourth-order valence-corrected chi connectivity index (χ4v) is 10.4. The lowest BCUT2D eigenvalue weighted by Gasteiger charge is -2.26. The van der Waals surface area contributed by atoms with Gasteiger partial charge in [-0.2, -0.15) is 0 Å². The molecule has 0 unspecified atom stereocenters. The van der Waals surface area contributed by atoms with Crippen LogP contribution in [0.5, 0.6) is 0 Å². The average molecular weight is 737 g/mol. The van der Waals surface area contributed by atoms with E-state index >= 15 is 0 Å². The molecule has 2 N–H and O–H groups in total. The molecule has 0 amide bonds. The summed E-state index contributed by atoms with van der Waals surface area (Å²) in [7, 11) is 0. The molecule has 0 saturated carbocycles. The Morgan fingerprint density at radius 1 is 0.328 bits per heavy atom. The van der Waals surface area contributed by atoms with E-state index in [4.69, 9.17) is 0 Å². The van der Waals surface area contributed by atoms with Crippen LogP contribution in [0.2, 0.25) is 0 Å². The van der Waals surface area contributed by atoms with Crippen LogP contribution < -0.4 is 10.6 Å². The molecule has 2 heteroatoms. The maximum atomic E-state index is 3.68. The second-order valence-corrected chi connectivity index (χ2v) is 16.0. The van der Waals surface area contributed by atoms with Crippen LogP contribution in [0.25, 0.3) is 111 Å². The summed E-state index contributed by atoms with van der Waals surface area (Å²) in [4.78, 5) is 0. The number of nitrogens with one attached hydrogen (secondary N) is 2. The molecule has 0 spiro atoms. The topological polar surface area (TPSA) is 24.1 Å². The van der Waals surface area contributed by atoms with Crippen molar-refractivity contribution in [2.24, 2.45) is 0 Å². The van der Waals surface area contributed by atoms with E-state index in [2.05, 4.69) is 193 Å². The van der Waals surface area contributed by atoms with E-state index in [1.54, 1.807) is 0 Å². The van der Waals surface area contributed by atoms with Gasteiger partial charge in [-0.3, -0.25) is 0 Å². The molecule has 0 radical (unpaired) electrons. The Kier molecular flexibility index (Phi) is 6.59. The summed E-state index contributed by atoms with van der Waals surface area (Å²) in [6.07, 6.45) is 6.74. The Labute approximate surface area is 337 Å². The molecule has 2 aliphatic carbocycles. The third-order valence-electron chi connectivity index (χ3n) is 13.0. The molecule has 13 rings (SSSR count). The number of fused-ring (bicyclic) bond motifs is 9. The van der Waals surface area contributed by atoms with Crippen LogP contribution in [-0.2, 0) is 0 Å². The maximum Gasteiger partial charge on any atom is 0.0664 e. The summed E-state index contributed by atoms with van der Waals surface area (Å²) >= 11 is 0. The van der Waals surface area contributed by atoms with Gasteiger partial charge >= 0.3 is 0 Å². The van der Waals surface area contributed by atoms with Crippen molar-refractivity contribution in [2.45, 2.75) is 0 Å². The number of benzene rings is 9. The highest BCUT2D eigenvalue weighted by Gasteiger charge is 2.26. The zero-order valence-corrected chi connectivity index (χ0v) is 31.7. The fourth-order valence-electron chi connectivity index (χ4n) is 10.4. The zero-order valence-electron chi connectivity index (χ0n) is 31.7. The Morgan fingerprint density at radius 2 is 0.810 bits per heavy atom. The van der Waals surface area contributed by atoms with Crippen LogP contribution in [0.3, 0.4) is 0 Å². The molecule has 0 fully saturated rings. The Balaban J connectivity index is 1.02. The highest BCUT2D eigenvalue weighted by molar-refractivity contribution is 6.20. The van der Waals surface area contributed by atoms with Gasteiger partial charge < -0.3 is 10.6 Å². The molecule has 2 aliphatic heterocycles. The number of hydrogen-bond acceptors (Lipinski definition) is 2. The van der Waals surface area contributed by atoms with Crippen molar-refractivity contribution >= 4 is 44.6 Å². The third kappa shape index (κ3) is 4.49. The van der Waals surface area contributed by atoms with Gasteiger partial charge in [0.1, 0.15) is 0 Å². The number of anilines is 2. The SMILES string of the molecule is C1=Cc2ccc3c(c2NC1)NCC=C3c1cccc(-c2cc(-c3ccc4c5c(cccc35)-c3ccccc3-4)cc(-c3ccc4c5c(cccc35)-c3ccccc3-4)c2)c1. The van der Waals surface area contributed by atoms with Crippen LogP contribution in [0.4, 0.5) is 11.4 Å². The largest absolute Gasteiger partial charge is 0.379 e. The van der Waals surface area contributed by atoms with Crippen LogP contribution in [0.1, 0.15) is 16.7 Å². The lowest BCUT2D eigenvalue weighted by Crippen LogP contribution is -2.14. The standard InChI is InChI=1S/C56H36N2/c1-3-14-44-42(12-1)48-18-6-16-46-39(22-24-50(44)53(46)48)37-30-36(31-38(32-37)40-23-25-51-45-15-4-2-13-43(45)49-19-7-17-47(40)54(49)51)34-9-5-10-35(29-34)41-26-28-58-56-52(41)21-20-33-11-8-27-57-55(33)56/h1-26,29-32,57-58H,27-28H2. The van der Waals surface area contributed by atoms with E-state index in [1.165, 1.54) is 133 Å². The molecule has 0 saturated heterocycles. The van der Waals surface area contributed by atoms with E-state index in [1.807, 2.05) is 0 Å². The fraction of sp³-hybridized carbons (Fsp3) is 0.0357. The first-order chi connectivity index (χ1) is 28.8. The minimum Gasteiger partial charge on any atom is -0.379 e. The molecular weight excluding hydrogens is 701 g/mol. The van der Waals surface area contributed by atoms with Crippen molar-refractivity contribution in [3.05, 3.63) is 193 Å². The van der Waals surface area contributed by atoms with E-state index in [-0.39, 0.29) is 0 Å². The van der Waals surface area contributed by atoms with Crippen LogP contribution in [0.15, 0.2) is 176 Å². The second-order valence-electron chi connectivity index (χ2n) is 16.0. The van der Waals surface area contributed by atoms with Gasteiger partial charge in [-0.25, -0.2) is 0 Å². The summed E-state index contributed by atoms with van der Waals surface area (Å²) in [5.74, 6) is 0. The quantitative estimate of drug-likeness (QED) is 0.188. The van der Waals surface area contributed by atoms with Crippen LogP contribution >= 0.6 is 0 Å². The molecule has 2 heterocycles. The van der Waals surface area contributed by atoms with Crippen LogP contribution in [-0.4, -0.2) is 13.1 Å². The molecule has 9 aromatic carbocycles. The van der Waals surface area contributed by atoms with Gasteiger partial charge in [0.05, 0.1) is 11.4 Å². The third-order valence-corrected chi connectivity index (χ3v) is 13.0. The van der Waals surface area contributed by atoms with E-state index in [0.717, 1.165) is 13.1 Å². The molecule has 0 aromatic heterocycles. The van der Waals surface area contributed by atoms with Crippen molar-refractivity contribution in [1.82, 2.24) is 0 Å². The predicted molar refractivity (Wildman–Crippen MR) is 246 cm³/mol. The molecule has 4 aliphatic rings. The van der Waals surface area contributed by atoms with Gasteiger partial charge in [-0.15, -0.1) is 0 Å². The first kappa shape index (κ1) is 31.7. The summed E-state index contributed by atoms with van der Waals surface area (Å²) in [5.41, 5.74) is 25.3. The minimum absolute atomic E-state index is 0.790. The lowest BCUT2D eigenvalue weighted by molar-refractivity contribution is 1.24. The summed E-state index contributed by atoms with van der Waals surface area (Å²) in [6, 6.07) is 61.7. The minimum atomic E-state index is 0.790. The Hall–Kier alpha value is -7.42. The van der Waals surface area contributed by atoms with Gasteiger partial charge in [0, 0.05) is 18.7 Å².